The van der Waals surface area contributed by atoms with E-state index in [0.717, 1.165) is 44.6 Å². The van der Waals surface area contributed by atoms with Crippen molar-refractivity contribution in [3.05, 3.63) is 64.2 Å². The molecule has 0 saturated heterocycles. The first-order valence-electron chi connectivity index (χ1n) is 9.33. The molecule has 0 spiro atoms. The topological polar surface area (TPSA) is 69.6 Å². The lowest BCUT2D eigenvalue weighted by molar-refractivity contribution is -0.115. The van der Waals surface area contributed by atoms with Crippen LogP contribution in [0.1, 0.15) is 27.8 Å². The first-order chi connectivity index (χ1) is 13.3. The fraction of sp³-hybridized carbons (Fsp3) is 0.208. The quantitative estimate of drug-likeness (QED) is 0.581. The van der Waals surface area contributed by atoms with Gasteiger partial charge in [-0.2, -0.15) is 0 Å². The van der Waals surface area contributed by atoms with E-state index < -0.39 is 0 Å². The molecule has 28 heavy (non-hydrogen) atoms. The van der Waals surface area contributed by atoms with Gasteiger partial charge in [-0.3, -0.25) is 4.79 Å². The molecule has 1 amide bonds. The Hall–Kier alpha value is -3.27. The van der Waals surface area contributed by atoms with Crippen LogP contribution >= 0.6 is 0 Å². The van der Waals surface area contributed by atoms with E-state index in [-0.39, 0.29) is 23.8 Å². The van der Waals surface area contributed by atoms with E-state index in [1.165, 1.54) is 0 Å². The molecule has 4 rings (SSSR count). The first-order valence-corrected chi connectivity index (χ1v) is 9.33. The van der Waals surface area contributed by atoms with Gasteiger partial charge < -0.3 is 15.5 Å². The highest BCUT2D eigenvalue weighted by Gasteiger charge is 2.27. The van der Waals surface area contributed by atoms with Crippen molar-refractivity contribution in [2.75, 3.05) is 5.32 Å². The second kappa shape index (κ2) is 6.41. The van der Waals surface area contributed by atoms with Crippen molar-refractivity contribution < 1.29 is 15.0 Å². The van der Waals surface area contributed by atoms with Crippen molar-refractivity contribution in [3.8, 4) is 33.8 Å². The summed E-state index contributed by atoms with van der Waals surface area (Å²) in [6.07, 6.45) is 0.247. The minimum atomic E-state index is -0.0677. The predicted octanol–water partition coefficient (Wildman–Crippen LogP) is 5.16. The molecule has 0 unspecified atom stereocenters. The molecule has 0 atom stereocenters. The Kier molecular flexibility index (Phi) is 4.15. The number of fused-ring (bicyclic) bond motifs is 1. The Balaban J connectivity index is 2.11. The molecule has 3 aromatic rings. The molecule has 1 heterocycles. The molecule has 3 aromatic carbocycles. The van der Waals surface area contributed by atoms with Crippen LogP contribution in [0.4, 0.5) is 5.69 Å². The summed E-state index contributed by atoms with van der Waals surface area (Å²) in [5.41, 5.74) is 8.22. The highest BCUT2D eigenvalue weighted by Crippen LogP contribution is 2.47. The molecule has 0 fully saturated rings. The summed E-state index contributed by atoms with van der Waals surface area (Å²) in [4.78, 5) is 12.1. The number of amides is 1. The van der Waals surface area contributed by atoms with E-state index in [2.05, 4.69) is 5.32 Å². The fourth-order valence-corrected chi connectivity index (χ4v) is 4.15. The predicted molar refractivity (Wildman–Crippen MR) is 112 cm³/mol. The van der Waals surface area contributed by atoms with Crippen LogP contribution < -0.4 is 5.32 Å². The summed E-state index contributed by atoms with van der Waals surface area (Å²) >= 11 is 0. The highest BCUT2D eigenvalue weighted by atomic mass is 16.3. The van der Waals surface area contributed by atoms with Gasteiger partial charge in [0.25, 0.3) is 0 Å². The zero-order valence-corrected chi connectivity index (χ0v) is 16.5. The number of carbonyl (C=O) groups excluding carboxylic acids is 1. The molecule has 142 valence electrons. The molecular formula is C24H23NO3. The number of aryl methyl sites for hydroxylation is 4. The number of benzene rings is 3. The summed E-state index contributed by atoms with van der Waals surface area (Å²) in [6, 6.07) is 11.5. The Morgan fingerprint density at radius 3 is 2.00 bits per heavy atom. The van der Waals surface area contributed by atoms with Gasteiger partial charge in [-0.05, 0) is 84.8 Å². The number of anilines is 1. The van der Waals surface area contributed by atoms with Crippen molar-refractivity contribution >= 4 is 11.6 Å². The third kappa shape index (κ3) is 2.82. The van der Waals surface area contributed by atoms with Gasteiger partial charge in [0.15, 0.2) is 0 Å². The third-order valence-electron chi connectivity index (χ3n) is 5.37. The highest BCUT2D eigenvalue weighted by molar-refractivity contribution is 6.05. The maximum atomic E-state index is 12.1. The zero-order valence-electron chi connectivity index (χ0n) is 16.5. The fourth-order valence-electron chi connectivity index (χ4n) is 4.15. The number of aromatic hydroxyl groups is 2. The number of nitrogens with one attached hydrogen (secondary N) is 1. The molecule has 1 aliphatic rings. The summed E-state index contributed by atoms with van der Waals surface area (Å²) in [7, 11) is 0. The summed E-state index contributed by atoms with van der Waals surface area (Å²) in [5, 5.41) is 24.5. The van der Waals surface area contributed by atoms with E-state index >= 15 is 0 Å². The van der Waals surface area contributed by atoms with Gasteiger partial charge in [-0.1, -0.05) is 18.2 Å². The SMILES string of the molecule is Cc1cc(C)c(O)c(-c2ccc3c(c2-c2cc(C)cc(C)c2O)CC(=O)N3)c1. The molecule has 0 radical (unpaired) electrons. The van der Waals surface area contributed by atoms with Crippen LogP contribution in [0.25, 0.3) is 22.3 Å². The van der Waals surface area contributed by atoms with Gasteiger partial charge in [0.2, 0.25) is 5.91 Å². The number of carbonyl (C=O) groups is 1. The lowest BCUT2D eigenvalue weighted by Crippen LogP contribution is -2.03. The third-order valence-corrected chi connectivity index (χ3v) is 5.37. The molecule has 4 nitrogen and oxygen atoms in total. The van der Waals surface area contributed by atoms with Gasteiger partial charge in [0, 0.05) is 16.8 Å². The van der Waals surface area contributed by atoms with Crippen LogP contribution in [0, 0.1) is 27.7 Å². The molecule has 0 aromatic heterocycles. The largest absolute Gasteiger partial charge is 0.507 e. The summed E-state index contributed by atoms with van der Waals surface area (Å²) in [5.74, 6) is 0.346. The van der Waals surface area contributed by atoms with Gasteiger partial charge in [0.05, 0.1) is 6.42 Å². The molecule has 1 aliphatic heterocycles. The van der Waals surface area contributed by atoms with Crippen LogP contribution in [0.5, 0.6) is 11.5 Å². The molecule has 4 heteroatoms. The van der Waals surface area contributed by atoms with Crippen molar-refractivity contribution in [3.63, 3.8) is 0 Å². The van der Waals surface area contributed by atoms with Crippen molar-refractivity contribution in [1.82, 2.24) is 0 Å². The van der Waals surface area contributed by atoms with E-state index in [9.17, 15) is 15.0 Å². The number of hydrogen-bond acceptors (Lipinski definition) is 3. The van der Waals surface area contributed by atoms with Gasteiger partial charge in [0.1, 0.15) is 11.5 Å². The van der Waals surface area contributed by atoms with Crippen molar-refractivity contribution in [2.45, 2.75) is 34.1 Å². The summed E-state index contributed by atoms with van der Waals surface area (Å²) < 4.78 is 0. The smallest absolute Gasteiger partial charge is 0.228 e. The van der Waals surface area contributed by atoms with Crippen molar-refractivity contribution in [2.24, 2.45) is 0 Å². The monoisotopic (exact) mass is 373 g/mol. The minimum absolute atomic E-state index is 0.0677. The summed E-state index contributed by atoms with van der Waals surface area (Å²) in [6.45, 7) is 7.71. The first kappa shape index (κ1) is 18.1. The Bertz CT molecular complexity index is 1150. The van der Waals surface area contributed by atoms with Gasteiger partial charge in [-0.15, -0.1) is 0 Å². The second-order valence-corrected chi connectivity index (χ2v) is 7.70. The van der Waals surface area contributed by atoms with Crippen molar-refractivity contribution in [1.29, 1.82) is 0 Å². The molecule has 0 aliphatic carbocycles. The van der Waals surface area contributed by atoms with Crippen LogP contribution in [-0.2, 0) is 11.2 Å². The maximum Gasteiger partial charge on any atom is 0.228 e. The molecule has 0 bridgehead atoms. The Labute approximate surface area is 164 Å². The number of rotatable bonds is 2. The zero-order chi connectivity index (χ0) is 20.2. The van der Waals surface area contributed by atoms with E-state index in [1.807, 2.05) is 64.1 Å². The van der Waals surface area contributed by atoms with Gasteiger partial charge >= 0.3 is 0 Å². The van der Waals surface area contributed by atoms with Crippen LogP contribution in [0.2, 0.25) is 0 Å². The van der Waals surface area contributed by atoms with E-state index in [4.69, 9.17) is 0 Å². The number of phenols is 2. The van der Waals surface area contributed by atoms with E-state index in [0.29, 0.717) is 11.1 Å². The molecular weight excluding hydrogens is 350 g/mol. The lowest BCUT2D eigenvalue weighted by atomic mass is 9.86. The minimum Gasteiger partial charge on any atom is -0.507 e. The standard InChI is InChI=1S/C24H23NO3/c1-12-7-14(3)23(27)17(9-12)16-5-6-20-18(11-21(26)25-20)22(16)19-10-13(2)8-15(4)24(19)28/h5-10,27-28H,11H2,1-4H3,(H,25,26). The normalized spacial score (nSPS) is 12.8. The Morgan fingerprint density at radius 2 is 1.36 bits per heavy atom. The number of hydrogen-bond donors (Lipinski definition) is 3. The molecule has 0 saturated carbocycles. The molecule has 3 N–H and O–H groups in total. The van der Waals surface area contributed by atoms with Gasteiger partial charge in [-0.25, -0.2) is 0 Å². The average Bonchev–Trinajstić information content (AvgIpc) is 3.00. The Morgan fingerprint density at radius 1 is 0.786 bits per heavy atom. The van der Waals surface area contributed by atoms with Crippen LogP contribution in [0.15, 0.2) is 36.4 Å². The average molecular weight is 373 g/mol. The lowest BCUT2D eigenvalue weighted by Gasteiger charge is -2.19. The maximum absolute atomic E-state index is 12.1. The van der Waals surface area contributed by atoms with Crippen LogP contribution in [-0.4, -0.2) is 16.1 Å². The van der Waals surface area contributed by atoms with Crippen LogP contribution in [0.3, 0.4) is 0 Å². The second-order valence-electron chi connectivity index (χ2n) is 7.70. The van der Waals surface area contributed by atoms with E-state index in [1.54, 1.807) is 0 Å². The number of phenolic OH excluding ortho intramolecular Hbond substituents is 2.